The standard InChI is InChI=1S/C20H21FN4O3S/c1-3-9-28-18-11-15(21)7-8-17(18)19-22-13-23-20(25-19)24-16-6-4-5-14(10-16)12-29(2,26)27/h4-8,10-11,13H,3,9,12H2,1-2H3,(H,22,23,24,25). The Morgan fingerprint density at radius 3 is 2.72 bits per heavy atom. The summed E-state index contributed by atoms with van der Waals surface area (Å²) >= 11 is 0. The summed E-state index contributed by atoms with van der Waals surface area (Å²) in [5.74, 6) is 0.505. The van der Waals surface area contributed by atoms with E-state index in [1.807, 2.05) is 6.92 Å². The molecule has 0 amide bonds. The van der Waals surface area contributed by atoms with Crippen molar-refractivity contribution in [2.24, 2.45) is 0 Å². The maximum Gasteiger partial charge on any atom is 0.230 e. The Labute approximate surface area is 168 Å². The smallest absolute Gasteiger partial charge is 0.230 e. The Morgan fingerprint density at radius 2 is 1.97 bits per heavy atom. The zero-order valence-corrected chi connectivity index (χ0v) is 16.9. The van der Waals surface area contributed by atoms with Gasteiger partial charge in [-0.2, -0.15) is 4.98 Å². The fourth-order valence-corrected chi connectivity index (χ4v) is 3.45. The molecular weight excluding hydrogens is 395 g/mol. The van der Waals surface area contributed by atoms with Crippen LogP contribution in [0.5, 0.6) is 5.75 Å². The Balaban J connectivity index is 1.87. The number of nitrogens with one attached hydrogen (secondary N) is 1. The van der Waals surface area contributed by atoms with Crippen LogP contribution in [0.4, 0.5) is 16.0 Å². The molecule has 2 aromatic carbocycles. The summed E-state index contributed by atoms with van der Waals surface area (Å²) in [5, 5.41) is 3.04. The van der Waals surface area contributed by atoms with Crippen LogP contribution >= 0.6 is 0 Å². The topological polar surface area (TPSA) is 94.1 Å². The van der Waals surface area contributed by atoms with Gasteiger partial charge >= 0.3 is 0 Å². The van der Waals surface area contributed by atoms with Gasteiger partial charge in [0.2, 0.25) is 5.95 Å². The number of nitrogens with zero attached hydrogens (tertiary/aromatic N) is 3. The molecule has 0 bridgehead atoms. The summed E-state index contributed by atoms with van der Waals surface area (Å²) < 4.78 is 42.3. The molecule has 152 valence electrons. The number of halogens is 1. The molecule has 1 N–H and O–H groups in total. The Bertz CT molecular complexity index is 1110. The van der Waals surface area contributed by atoms with E-state index in [0.29, 0.717) is 35.0 Å². The number of hydrogen-bond acceptors (Lipinski definition) is 7. The number of aromatic nitrogens is 3. The van der Waals surface area contributed by atoms with Crippen molar-refractivity contribution in [3.05, 3.63) is 60.2 Å². The third-order valence-electron chi connectivity index (χ3n) is 3.83. The molecule has 0 saturated heterocycles. The summed E-state index contributed by atoms with van der Waals surface area (Å²) in [4.78, 5) is 12.7. The zero-order valence-electron chi connectivity index (χ0n) is 16.1. The lowest BCUT2D eigenvalue weighted by atomic mass is 10.2. The van der Waals surface area contributed by atoms with Crippen molar-refractivity contribution in [2.45, 2.75) is 19.1 Å². The highest BCUT2D eigenvalue weighted by molar-refractivity contribution is 7.89. The van der Waals surface area contributed by atoms with Gasteiger partial charge in [0.1, 0.15) is 17.9 Å². The maximum atomic E-state index is 13.6. The number of anilines is 2. The molecule has 7 nitrogen and oxygen atoms in total. The van der Waals surface area contributed by atoms with Crippen molar-refractivity contribution in [3.63, 3.8) is 0 Å². The molecule has 29 heavy (non-hydrogen) atoms. The average Bonchev–Trinajstić information content (AvgIpc) is 2.65. The van der Waals surface area contributed by atoms with Crippen molar-refractivity contribution in [2.75, 3.05) is 18.2 Å². The first-order valence-corrected chi connectivity index (χ1v) is 11.1. The number of ether oxygens (including phenoxy) is 1. The van der Waals surface area contributed by atoms with Gasteiger partial charge in [0, 0.05) is 18.0 Å². The fourth-order valence-electron chi connectivity index (χ4n) is 2.67. The largest absolute Gasteiger partial charge is 0.493 e. The van der Waals surface area contributed by atoms with Crippen LogP contribution in [0.1, 0.15) is 18.9 Å². The van der Waals surface area contributed by atoms with Gasteiger partial charge in [-0.1, -0.05) is 19.1 Å². The maximum absolute atomic E-state index is 13.6. The van der Waals surface area contributed by atoms with Crippen molar-refractivity contribution in [3.8, 4) is 17.1 Å². The molecule has 0 radical (unpaired) electrons. The molecule has 0 fully saturated rings. The number of hydrogen-bond donors (Lipinski definition) is 1. The van der Waals surface area contributed by atoms with Crippen molar-refractivity contribution < 1.29 is 17.5 Å². The first-order chi connectivity index (χ1) is 13.8. The van der Waals surface area contributed by atoms with Crippen molar-refractivity contribution in [1.29, 1.82) is 0 Å². The van der Waals surface area contributed by atoms with Gasteiger partial charge in [-0.3, -0.25) is 0 Å². The quantitative estimate of drug-likeness (QED) is 0.597. The molecule has 0 saturated carbocycles. The first-order valence-electron chi connectivity index (χ1n) is 8.99. The Kier molecular flexibility index (Phi) is 6.38. The lowest BCUT2D eigenvalue weighted by Gasteiger charge is -2.11. The van der Waals surface area contributed by atoms with Gasteiger partial charge in [0.05, 0.1) is 17.9 Å². The van der Waals surface area contributed by atoms with E-state index in [4.69, 9.17) is 4.74 Å². The molecule has 0 atom stereocenters. The summed E-state index contributed by atoms with van der Waals surface area (Å²) in [6.07, 6.45) is 3.31. The number of benzene rings is 2. The van der Waals surface area contributed by atoms with Crippen LogP contribution < -0.4 is 10.1 Å². The lowest BCUT2D eigenvalue weighted by Crippen LogP contribution is -2.04. The number of sulfone groups is 1. The molecule has 9 heteroatoms. The van der Waals surface area contributed by atoms with E-state index in [1.165, 1.54) is 24.7 Å². The summed E-state index contributed by atoms with van der Waals surface area (Å²) in [5.41, 5.74) is 1.85. The van der Waals surface area contributed by atoms with Gasteiger partial charge in [-0.15, -0.1) is 0 Å². The molecule has 0 aliphatic carbocycles. The van der Waals surface area contributed by atoms with Crippen LogP contribution in [0.3, 0.4) is 0 Å². The van der Waals surface area contributed by atoms with Crippen LogP contribution in [0.15, 0.2) is 48.8 Å². The van der Waals surface area contributed by atoms with Gasteiger partial charge in [0.15, 0.2) is 15.7 Å². The van der Waals surface area contributed by atoms with Crippen molar-refractivity contribution >= 4 is 21.5 Å². The average molecular weight is 416 g/mol. The van der Waals surface area contributed by atoms with Crippen LogP contribution in [-0.2, 0) is 15.6 Å². The predicted octanol–water partition coefficient (Wildman–Crippen LogP) is 3.75. The van der Waals surface area contributed by atoms with Crippen LogP contribution in [0, 0.1) is 5.82 Å². The first kappa shape index (κ1) is 20.7. The monoisotopic (exact) mass is 416 g/mol. The second kappa shape index (κ2) is 8.95. The highest BCUT2D eigenvalue weighted by Gasteiger charge is 2.12. The molecule has 1 heterocycles. The zero-order chi connectivity index (χ0) is 20.9. The number of rotatable bonds is 8. The van der Waals surface area contributed by atoms with Crippen molar-refractivity contribution in [1.82, 2.24) is 15.0 Å². The molecule has 3 aromatic rings. The van der Waals surface area contributed by atoms with E-state index in [0.717, 1.165) is 6.42 Å². The van der Waals surface area contributed by atoms with Gasteiger partial charge in [-0.25, -0.2) is 22.8 Å². The highest BCUT2D eigenvalue weighted by atomic mass is 32.2. The summed E-state index contributed by atoms with van der Waals surface area (Å²) in [6, 6.07) is 11.2. The Morgan fingerprint density at radius 1 is 1.14 bits per heavy atom. The second-order valence-electron chi connectivity index (χ2n) is 6.52. The SMILES string of the molecule is CCCOc1cc(F)ccc1-c1ncnc(Nc2cccc(CS(C)(=O)=O)c2)n1. The van der Waals surface area contributed by atoms with Crippen LogP contribution in [-0.4, -0.2) is 36.2 Å². The minimum Gasteiger partial charge on any atom is -0.493 e. The lowest BCUT2D eigenvalue weighted by molar-refractivity contribution is 0.317. The van der Waals surface area contributed by atoms with E-state index in [-0.39, 0.29) is 11.7 Å². The third kappa shape index (κ3) is 5.95. The molecule has 0 aliphatic heterocycles. The minimum absolute atomic E-state index is 0.0569. The third-order valence-corrected chi connectivity index (χ3v) is 4.69. The fraction of sp³-hybridized carbons (Fsp3) is 0.250. The molecule has 1 aromatic heterocycles. The second-order valence-corrected chi connectivity index (χ2v) is 8.66. The van der Waals surface area contributed by atoms with Gasteiger partial charge < -0.3 is 10.1 Å². The van der Waals surface area contributed by atoms with E-state index in [1.54, 1.807) is 30.3 Å². The van der Waals surface area contributed by atoms with Crippen LogP contribution in [0.25, 0.3) is 11.4 Å². The van der Waals surface area contributed by atoms with Gasteiger partial charge in [-0.05, 0) is 36.2 Å². The molecule has 3 rings (SSSR count). The molecular formula is C20H21FN4O3S. The van der Waals surface area contributed by atoms with Gasteiger partial charge in [0.25, 0.3) is 0 Å². The Hall–Kier alpha value is -3.07. The van der Waals surface area contributed by atoms with E-state index < -0.39 is 15.7 Å². The predicted molar refractivity (Wildman–Crippen MR) is 109 cm³/mol. The van der Waals surface area contributed by atoms with E-state index in [2.05, 4.69) is 20.3 Å². The molecule has 0 spiro atoms. The highest BCUT2D eigenvalue weighted by Crippen LogP contribution is 2.29. The van der Waals surface area contributed by atoms with Crippen LogP contribution in [0.2, 0.25) is 0 Å². The molecule has 0 unspecified atom stereocenters. The van der Waals surface area contributed by atoms with E-state index >= 15 is 0 Å². The van der Waals surface area contributed by atoms with E-state index in [9.17, 15) is 12.8 Å². The molecule has 0 aliphatic rings. The summed E-state index contributed by atoms with van der Waals surface area (Å²) in [6.45, 7) is 2.40. The minimum atomic E-state index is -3.14. The normalized spacial score (nSPS) is 11.3. The summed E-state index contributed by atoms with van der Waals surface area (Å²) in [7, 11) is -3.14.